The number of carboxylic acids is 1. The maximum absolute atomic E-state index is 13.2. The number of likely N-dealkylation sites (N-methyl/N-ethyl adjacent to an activating group) is 1. The van der Waals surface area contributed by atoms with Crippen molar-refractivity contribution in [1.82, 2.24) is 0 Å². The number of hydrogen-bond donors (Lipinski definition) is 1. The van der Waals surface area contributed by atoms with Gasteiger partial charge in [0.15, 0.2) is 11.5 Å². The third-order valence-corrected chi connectivity index (χ3v) is 8.01. The molecule has 5 rings (SSSR count). The van der Waals surface area contributed by atoms with Crippen molar-refractivity contribution in [3.8, 4) is 0 Å². The number of anilines is 1. The van der Waals surface area contributed by atoms with Crippen LogP contribution in [0.15, 0.2) is 71.2 Å². The van der Waals surface area contributed by atoms with Crippen LogP contribution < -0.4 is 10.0 Å². The van der Waals surface area contributed by atoms with Crippen LogP contribution in [0.4, 0.5) is 11.4 Å². The molecule has 0 saturated heterocycles. The highest BCUT2D eigenvalue weighted by Gasteiger charge is 2.45. The molecule has 184 valence electrons. The largest absolute Gasteiger partial charge is 0.871 e. The summed E-state index contributed by atoms with van der Waals surface area (Å²) in [7, 11) is 3.84. The van der Waals surface area contributed by atoms with Crippen molar-refractivity contribution in [3.05, 3.63) is 93.4 Å². The fourth-order valence-electron chi connectivity index (χ4n) is 5.80. The molecule has 1 aliphatic carbocycles. The van der Waals surface area contributed by atoms with Gasteiger partial charge in [-0.3, -0.25) is 4.79 Å². The predicted molar refractivity (Wildman–Crippen MR) is 138 cm³/mol. The summed E-state index contributed by atoms with van der Waals surface area (Å²) in [5.74, 6) is -1.51. The number of Topliss-reactive ketones (excluding diaryl/α,β-unsaturated/α-hetero) is 1. The minimum absolute atomic E-state index is 0.162. The zero-order chi connectivity index (χ0) is 26.3. The Labute approximate surface area is 211 Å². The summed E-state index contributed by atoms with van der Waals surface area (Å²) in [5.41, 5.74) is 6.51. The number of allylic oxidation sites excluding steroid dienone is 5. The van der Waals surface area contributed by atoms with Crippen LogP contribution in [0.3, 0.4) is 0 Å². The molecule has 0 amide bonds. The van der Waals surface area contributed by atoms with Crippen LogP contribution in [0, 0.1) is 6.92 Å². The Bertz CT molecular complexity index is 1520. The number of benzene rings is 2. The van der Waals surface area contributed by atoms with Gasteiger partial charge >= 0.3 is 5.97 Å². The normalized spacial score (nSPS) is 21.9. The number of nitrogens with zero attached hydrogens (tertiary/aromatic N) is 2. The lowest BCUT2D eigenvalue weighted by molar-refractivity contribution is -0.401. The number of ketones is 1. The second kappa shape index (κ2) is 7.53. The lowest BCUT2D eigenvalue weighted by Crippen LogP contribution is -2.34. The summed E-state index contributed by atoms with van der Waals surface area (Å²) in [6, 6.07) is 11.3. The van der Waals surface area contributed by atoms with E-state index in [0.29, 0.717) is 0 Å². The first-order valence-electron chi connectivity index (χ1n) is 12.0. The first-order chi connectivity index (χ1) is 16.8. The lowest BCUT2D eigenvalue weighted by atomic mass is 9.77. The average molecular weight is 483 g/mol. The second-order valence-electron chi connectivity index (χ2n) is 11.0. The molecule has 2 aromatic rings. The van der Waals surface area contributed by atoms with Crippen LogP contribution in [0.2, 0.25) is 0 Å². The molecule has 1 N–H and O–H groups in total. The van der Waals surface area contributed by atoms with Gasteiger partial charge in [-0.25, -0.2) is 4.79 Å². The van der Waals surface area contributed by atoms with Crippen molar-refractivity contribution in [2.75, 3.05) is 19.0 Å². The van der Waals surface area contributed by atoms with Gasteiger partial charge in [0, 0.05) is 52.7 Å². The fourth-order valence-corrected chi connectivity index (χ4v) is 5.80. The van der Waals surface area contributed by atoms with Gasteiger partial charge in [-0.2, -0.15) is 4.58 Å². The molecular weight excluding hydrogens is 452 g/mol. The minimum atomic E-state index is -0.989. The molecule has 0 aromatic heterocycles. The minimum Gasteiger partial charge on any atom is -0.871 e. The van der Waals surface area contributed by atoms with Crippen LogP contribution in [0.1, 0.15) is 54.7 Å². The molecule has 2 heterocycles. The van der Waals surface area contributed by atoms with Crippen molar-refractivity contribution < 1.29 is 24.4 Å². The SMILES string of the molecule is Cc1ccc2c(c1)C(C)(C)C(=CC1=C([O-])C(=CC3=[N+](C)c4ccc(C(=O)O)cc4C3(C)C)C1=O)N2C. The average Bonchev–Trinajstić information content (AvgIpc) is 3.12. The Morgan fingerprint density at radius 1 is 1.03 bits per heavy atom. The second-order valence-corrected chi connectivity index (χ2v) is 11.0. The van der Waals surface area contributed by atoms with Gasteiger partial charge in [-0.15, -0.1) is 0 Å². The molecule has 0 unspecified atom stereocenters. The molecule has 0 spiro atoms. The molecule has 0 fully saturated rings. The van der Waals surface area contributed by atoms with Gasteiger partial charge in [0.05, 0.1) is 11.0 Å². The topological polar surface area (TPSA) is 83.7 Å². The first kappa shape index (κ1) is 23.8. The van der Waals surface area contributed by atoms with E-state index in [1.165, 1.54) is 11.1 Å². The number of carbonyl (C=O) groups is 2. The zero-order valence-electron chi connectivity index (χ0n) is 21.7. The van der Waals surface area contributed by atoms with Crippen molar-refractivity contribution in [2.45, 2.75) is 45.4 Å². The molecular formula is C30H30N2O4. The number of aromatic carboxylic acids is 1. The van der Waals surface area contributed by atoms with Gasteiger partial charge in [-0.05, 0) is 50.6 Å². The Morgan fingerprint density at radius 2 is 1.72 bits per heavy atom. The Morgan fingerprint density at radius 3 is 2.36 bits per heavy atom. The highest BCUT2D eigenvalue weighted by Crippen LogP contribution is 2.48. The lowest BCUT2D eigenvalue weighted by Gasteiger charge is -2.32. The molecule has 2 aliphatic heterocycles. The van der Waals surface area contributed by atoms with Crippen molar-refractivity contribution in [1.29, 1.82) is 0 Å². The monoisotopic (exact) mass is 482 g/mol. The molecule has 6 heteroatoms. The van der Waals surface area contributed by atoms with E-state index in [9.17, 15) is 19.8 Å². The molecule has 6 nitrogen and oxygen atoms in total. The summed E-state index contributed by atoms with van der Waals surface area (Å²) in [6.07, 6.45) is 3.42. The Hall–Kier alpha value is -3.93. The Balaban J connectivity index is 1.54. The fraction of sp³-hybridized carbons (Fsp3) is 0.300. The molecule has 0 atom stereocenters. The van der Waals surface area contributed by atoms with Gasteiger partial charge in [0.1, 0.15) is 7.05 Å². The van der Waals surface area contributed by atoms with E-state index < -0.39 is 11.4 Å². The first-order valence-corrected chi connectivity index (χ1v) is 12.0. The van der Waals surface area contributed by atoms with Gasteiger partial charge in [-0.1, -0.05) is 37.3 Å². The van der Waals surface area contributed by atoms with E-state index in [4.69, 9.17) is 0 Å². The summed E-state index contributed by atoms with van der Waals surface area (Å²) >= 11 is 0. The van der Waals surface area contributed by atoms with E-state index in [1.807, 2.05) is 32.5 Å². The molecule has 0 radical (unpaired) electrons. The van der Waals surface area contributed by atoms with Gasteiger partial charge in [0.2, 0.25) is 5.69 Å². The Kier molecular flexibility index (Phi) is 4.98. The van der Waals surface area contributed by atoms with Crippen LogP contribution in [0.25, 0.3) is 0 Å². The highest BCUT2D eigenvalue weighted by atomic mass is 16.4. The van der Waals surface area contributed by atoms with E-state index in [-0.39, 0.29) is 33.7 Å². The number of hydrogen-bond acceptors (Lipinski definition) is 4. The summed E-state index contributed by atoms with van der Waals surface area (Å²) in [5, 5.41) is 22.6. The maximum Gasteiger partial charge on any atom is 0.335 e. The van der Waals surface area contributed by atoms with Crippen molar-refractivity contribution in [3.63, 3.8) is 0 Å². The van der Waals surface area contributed by atoms with Crippen LogP contribution in [-0.4, -0.2) is 41.2 Å². The predicted octanol–water partition coefficient (Wildman–Crippen LogP) is 4.13. The van der Waals surface area contributed by atoms with Crippen molar-refractivity contribution >= 4 is 28.8 Å². The standard InChI is InChI=1S/C30H30N2O4/c1-16-8-10-22-20(12-16)29(2,3)24(31(22)6)14-18-26(33)19(27(18)34)15-25-30(4,5)21-13-17(28(35)36)9-11-23(21)32(25)7/h8-15H,1-7H3,(H-,33,34,35,36). The highest BCUT2D eigenvalue weighted by molar-refractivity contribution is 6.24. The quantitative estimate of drug-likeness (QED) is 0.525. The maximum atomic E-state index is 13.2. The zero-order valence-corrected chi connectivity index (χ0v) is 21.7. The molecule has 0 saturated carbocycles. The number of rotatable bonds is 3. The van der Waals surface area contributed by atoms with Crippen molar-refractivity contribution in [2.24, 2.45) is 0 Å². The number of aryl methyl sites for hydroxylation is 1. The van der Waals surface area contributed by atoms with Gasteiger partial charge in [0.25, 0.3) is 0 Å². The third-order valence-electron chi connectivity index (χ3n) is 8.01. The number of carboxylic acid groups (broad SMARTS) is 1. The summed E-state index contributed by atoms with van der Waals surface area (Å²) in [6.45, 7) is 10.2. The molecule has 3 aliphatic rings. The number of fused-ring (bicyclic) bond motifs is 2. The number of carbonyl (C=O) groups excluding carboxylic acids is 1. The smallest absolute Gasteiger partial charge is 0.335 e. The van der Waals surface area contributed by atoms with Crippen LogP contribution >= 0.6 is 0 Å². The molecule has 2 aromatic carbocycles. The van der Waals surface area contributed by atoms with Gasteiger partial charge < -0.3 is 15.1 Å². The van der Waals surface area contributed by atoms with E-state index in [1.54, 1.807) is 30.4 Å². The molecule has 36 heavy (non-hydrogen) atoms. The van der Waals surface area contributed by atoms with Crippen LogP contribution in [-0.2, 0) is 15.6 Å². The van der Waals surface area contributed by atoms with E-state index >= 15 is 0 Å². The van der Waals surface area contributed by atoms with E-state index in [2.05, 4.69) is 43.9 Å². The van der Waals surface area contributed by atoms with E-state index in [0.717, 1.165) is 28.3 Å². The van der Waals surface area contributed by atoms with Crippen LogP contribution in [0.5, 0.6) is 0 Å². The summed E-state index contributed by atoms with van der Waals surface area (Å²) < 4.78 is 1.93. The third kappa shape index (κ3) is 3.13. The molecule has 0 bridgehead atoms. The summed E-state index contributed by atoms with van der Waals surface area (Å²) in [4.78, 5) is 26.8.